The molecule has 0 atom stereocenters. The number of nitro groups is 1. The largest absolute Gasteiger partial charge is 0.454 e. The highest BCUT2D eigenvalue weighted by Gasteiger charge is 2.11. The van der Waals surface area contributed by atoms with E-state index in [9.17, 15) is 14.9 Å². The molecule has 0 aliphatic carbocycles. The highest BCUT2D eigenvalue weighted by molar-refractivity contribution is 5.87. The minimum atomic E-state index is -0.630. The fourth-order valence-corrected chi connectivity index (χ4v) is 1.85. The maximum absolute atomic E-state index is 11.7. The standard InChI is InChI=1S/C14H15N5O4/c1-2-9-18-13(15-16-17-18)10-23-14(20)8-7-11-5-3-4-6-12(11)19(21)22/h3-8H,2,9-10H2,1H3/b8-7+. The highest BCUT2D eigenvalue weighted by atomic mass is 16.6. The van der Waals surface area contributed by atoms with E-state index in [4.69, 9.17) is 4.74 Å². The van der Waals surface area contributed by atoms with Gasteiger partial charge in [-0.25, -0.2) is 9.48 Å². The van der Waals surface area contributed by atoms with Gasteiger partial charge in [0.1, 0.15) is 0 Å². The van der Waals surface area contributed by atoms with Crippen LogP contribution in [0, 0.1) is 10.1 Å². The number of rotatable bonds is 7. The summed E-state index contributed by atoms with van der Waals surface area (Å²) >= 11 is 0. The van der Waals surface area contributed by atoms with Gasteiger partial charge in [0, 0.05) is 18.7 Å². The Morgan fingerprint density at radius 1 is 1.43 bits per heavy atom. The van der Waals surface area contributed by atoms with E-state index in [2.05, 4.69) is 15.5 Å². The number of para-hydroxylation sites is 1. The van der Waals surface area contributed by atoms with Crippen LogP contribution in [0.25, 0.3) is 6.08 Å². The molecule has 120 valence electrons. The summed E-state index contributed by atoms with van der Waals surface area (Å²) in [6.07, 6.45) is 3.33. The molecule has 0 N–H and O–H groups in total. The quantitative estimate of drug-likeness (QED) is 0.331. The number of hydrogen-bond acceptors (Lipinski definition) is 7. The van der Waals surface area contributed by atoms with E-state index in [1.54, 1.807) is 22.9 Å². The lowest BCUT2D eigenvalue weighted by Crippen LogP contribution is -2.09. The zero-order chi connectivity index (χ0) is 16.7. The second-order valence-corrected chi connectivity index (χ2v) is 4.58. The van der Waals surface area contributed by atoms with Crippen molar-refractivity contribution < 1.29 is 14.5 Å². The monoisotopic (exact) mass is 317 g/mol. The molecule has 0 saturated heterocycles. The minimum absolute atomic E-state index is 0.0624. The zero-order valence-electron chi connectivity index (χ0n) is 12.5. The van der Waals surface area contributed by atoms with E-state index in [1.165, 1.54) is 12.1 Å². The number of carbonyl (C=O) groups is 1. The van der Waals surface area contributed by atoms with E-state index in [0.29, 0.717) is 17.9 Å². The smallest absolute Gasteiger partial charge is 0.331 e. The number of nitrogens with zero attached hydrogens (tertiary/aromatic N) is 5. The third kappa shape index (κ3) is 4.43. The predicted octanol–water partition coefficient (Wildman–Crippen LogP) is 1.75. The third-order valence-electron chi connectivity index (χ3n) is 2.92. The van der Waals surface area contributed by atoms with Gasteiger partial charge in [-0.3, -0.25) is 10.1 Å². The molecule has 9 heteroatoms. The van der Waals surface area contributed by atoms with Gasteiger partial charge in [-0.05, 0) is 29.0 Å². The first-order valence-corrected chi connectivity index (χ1v) is 6.95. The van der Waals surface area contributed by atoms with Gasteiger partial charge < -0.3 is 4.74 Å². The first kappa shape index (κ1) is 16.3. The van der Waals surface area contributed by atoms with Crippen molar-refractivity contribution in [3.63, 3.8) is 0 Å². The van der Waals surface area contributed by atoms with Gasteiger partial charge in [-0.1, -0.05) is 19.1 Å². The zero-order valence-corrected chi connectivity index (χ0v) is 12.5. The highest BCUT2D eigenvalue weighted by Crippen LogP contribution is 2.18. The van der Waals surface area contributed by atoms with Crippen molar-refractivity contribution in [2.75, 3.05) is 0 Å². The maximum Gasteiger partial charge on any atom is 0.331 e. The molecule has 9 nitrogen and oxygen atoms in total. The number of hydrogen-bond donors (Lipinski definition) is 0. The van der Waals surface area contributed by atoms with Crippen LogP contribution in [0.5, 0.6) is 0 Å². The first-order valence-electron chi connectivity index (χ1n) is 6.95. The Hall–Kier alpha value is -3.10. The Morgan fingerprint density at radius 2 is 2.22 bits per heavy atom. The topological polar surface area (TPSA) is 113 Å². The Labute approximate surface area is 131 Å². The Bertz CT molecular complexity index is 725. The average Bonchev–Trinajstić information content (AvgIpc) is 2.99. The minimum Gasteiger partial charge on any atom is -0.454 e. The van der Waals surface area contributed by atoms with Gasteiger partial charge in [-0.15, -0.1) is 5.10 Å². The molecule has 0 fully saturated rings. The predicted molar refractivity (Wildman–Crippen MR) is 80.0 cm³/mol. The molecule has 23 heavy (non-hydrogen) atoms. The van der Waals surface area contributed by atoms with Crippen LogP contribution in [0.4, 0.5) is 5.69 Å². The van der Waals surface area contributed by atoms with Crippen molar-refractivity contribution in [3.05, 3.63) is 51.8 Å². The van der Waals surface area contributed by atoms with Crippen LogP contribution in [0.1, 0.15) is 24.7 Å². The van der Waals surface area contributed by atoms with Crippen molar-refractivity contribution in [1.29, 1.82) is 0 Å². The van der Waals surface area contributed by atoms with Crippen molar-refractivity contribution in [1.82, 2.24) is 20.2 Å². The van der Waals surface area contributed by atoms with Crippen molar-refractivity contribution in [2.45, 2.75) is 26.5 Å². The van der Waals surface area contributed by atoms with Crippen LogP contribution in [-0.4, -0.2) is 31.1 Å². The van der Waals surface area contributed by atoms with Crippen molar-refractivity contribution >= 4 is 17.7 Å². The number of ether oxygens (including phenoxy) is 1. The van der Waals surface area contributed by atoms with Crippen LogP contribution in [0.2, 0.25) is 0 Å². The van der Waals surface area contributed by atoms with Crippen LogP contribution in [0.15, 0.2) is 30.3 Å². The maximum atomic E-state index is 11.7. The van der Waals surface area contributed by atoms with Gasteiger partial charge in [0.25, 0.3) is 5.69 Å². The lowest BCUT2D eigenvalue weighted by Gasteiger charge is -2.03. The molecule has 1 aromatic carbocycles. The summed E-state index contributed by atoms with van der Waals surface area (Å²) in [5.41, 5.74) is 0.244. The van der Waals surface area contributed by atoms with Gasteiger partial charge in [0.2, 0.25) is 0 Å². The Kier molecular flexibility index (Phi) is 5.50. The summed E-state index contributed by atoms with van der Waals surface area (Å²) in [6, 6.07) is 6.12. The van der Waals surface area contributed by atoms with Gasteiger partial charge in [-0.2, -0.15) is 0 Å². The van der Waals surface area contributed by atoms with E-state index in [-0.39, 0.29) is 12.3 Å². The number of esters is 1. The summed E-state index contributed by atoms with van der Waals surface area (Å²) in [5, 5.41) is 22.0. The molecule has 0 amide bonds. The summed E-state index contributed by atoms with van der Waals surface area (Å²) in [5.74, 6) is -0.187. The van der Waals surface area contributed by atoms with Crippen LogP contribution in [-0.2, 0) is 22.7 Å². The van der Waals surface area contributed by atoms with Gasteiger partial charge >= 0.3 is 5.97 Å². The van der Waals surface area contributed by atoms with Crippen LogP contribution < -0.4 is 0 Å². The molecule has 0 aliphatic heterocycles. The molecule has 0 saturated carbocycles. The molecule has 1 heterocycles. The Morgan fingerprint density at radius 3 is 2.96 bits per heavy atom. The number of aryl methyl sites for hydroxylation is 1. The second kappa shape index (κ2) is 7.78. The van der Waals surface area contributed by atoms with E-state index in [0.717, 1.165) is 12.5 Å². The number of tetrazole rings is 1. The molecule has 1 aromatic heterocycles. The van der Waals surface area contributed by atoms with Gasteiger partial charge in [0.15, 0.2) is 12.4 Å². The van der Waals surface area contributed by atoms with E-state index in [1.807, 2.05) is 6.92 Å². The first-order chi connectivity index (χ1) is 11.1. The van der Waals surface area contributed by atoms with E-state index >= 15 is 0 Å². The number of carbonyl (C=O) groups excluding carboxylic acids is 1. The lowest BCUT2D eigenvalue weighted by atomic mass is 10.1. The third-order valence-corrected chi connectivity index (χ3v) is 2.92. The average molecular weight is 317 g/mol. The van der Waals surface area contributed by atoms with Crippen molar-refractivity contribution in [3.8, 4) is 0 Å². The summed E-state index contributed by atoms with van der Waals surface area (Å²) in [7, 11) is 0. The fourth-order valence-electron chi connectivity index (χ4n) is 1.85. The molecule has 0 unspecified atom stereocenters. The molecular weight excluding hydrogens is 302 g/mol. The van der Waals surface area contributed by atoms with Gasteiger partial charge in [0.05, 0.1) is 10.5 Å². The number of nitro benzene ring substituents is 1. The van der Waals surface area contributed by atoms with Crippen molar-refractivity contribution in [2.24, 2.45) is 0 Å². The molecule has 0 aliphatic rings. The molecular formula is C14H15N5O4. The summed E-state index contributed by atoms with van der Waals surface area (Å²) < 4.78 is 6.59. The molecule has 0 spiro atoms. The molecule has 2 rings (SSSR count). The fraction of sp³-hybridized carbons (Fsp3) is 0.286. The molecule has 0 radical (unpaired) electrons. The van der Waals surface area contributed by atoms with E-state index < -0.39 is 10.9 Å². The SMILES string of the molecule is CCCn1nnnc1COC(=O)/C=C/c1ccccc1[N+](=O)[O-]. The lowest BCUT2D eigenvalue weighted by molar-refractivity contribution is -0.385. The normalized spacial score (nSPS) is 10.8. The second-order valence-electron chi connectivity index (χ2n) is 4.58. The summed E-state index contributed by atoms with van der Waals surface area (Å²) in [4.78, 5) is 22.1. The number of aromatic nitrogens is 4. The summed E-state index contributed by atoms with van der Waals surface area (Å²) in [6.45, 7) is 2.55. The van der Waals surface area contributed by atoms with Crippen LogP contribution >= 0.6 is 0 Å². The Balaban J connectivity index is 1.97. The molecule has 2 aromatic rings. The molecule has 0 bridgehead atoms. The number of benzene rings is 1. The van der Waals surface area contributed by atoms with Crippen LogP contribution in [0.3, 0.4) is 0 Å².